The summed E-state index contributed by atoms with van der Waals surface area (Å²) >= 11 is 9.26. The van der Waals surface area contributed by atoms with Gasteiger partial charge in [0.05, 0.1) is 10.3 Å². The minimum atomic E-state index is -0.270. The van der Waals surface area contributed by atoms with Gasteiger partial charge in [-0.3, -0.25) is 9.59 Å². The summed E-state index contributed by atoms with van der Waals surface area (Å²) in [6.45, 7) is 1.83. The van der Waals surface area contributed by atoms with Gasteiger partial charge in [0.2, 0.25) is 0 Å². The Morgan fingerprint density at radius 2 is 1.62 bits per heavy atom. The van der Waals surface area contributed by atoms with E-state index in [4.69, 9.17) is 16.6 Å². The van der Waals surface area contributed by atoms with E-state index in [-0.39, 0.29) is 17.1 Å². The zero-order valence-electron chi connectivity index (χ0n) is 16.8. The van der Waals surface area contributed by atoms with E-state index in [0.717, 1.165) is 30.5 Å². The molecule has 0 amide bonds. The van der Waals surface area contributed by atoms with E-state index in [1.165, 1.54) is 22.1 Å². The first-order valence-corrected chi connectivity index (χ1v) is 12.0. The number of thiazole rings is 1. The van der Waals surface area contributed by atoms with E-state index in [0.29, 0.717) is 16.1 Å². The third kappa shape index (κ3) is 3.05. The fourth-order valence-corrected chi connectivity index (χ4v) is 6.32. The average molecular weight is 472 g/mol. The molecular weight excluding hydrogens is 458 g/mol. The lowest BCUT2D eigenvalue weighted by molar-refractivity contribution is 0.0990. The van der Waals surface area contributed by atoms with Gasteiger partial charge in [0.25, 0.3) is 0 Å². The lowest BCUT2D eigenvalue weighted by Gasteiger charge is -2.00. The van der Waals surface area contributed by atoms with Crippen molar-refractivity contribution in [1.82, 2.24) is 4.98 Å². The van der Waals surface area contributed by atoms with Crippen LogP contribution < -0.4 is 0 Å². The van der Waals surface area contributed by atoms with Gasteiger partial charge in [0.15, 0.2) is 11.6 Å². The van der Waals surface area contributed by atoms with Crippen molar-refractivity contribution in [3.63, 3.8) is 0 Å². The molecule has 0 saturated carbocycles. The zero-order valence-corrected chi connectivity index (χ0v) is 19.2. The van der Waals surface area contributed by atoms with Crippen molar-refractivity contribution in [3.05, 3.63) is 92.8 Å². The standard InChI is InChI=1S/C26H14ClNO2S2/c1-13-8-18-19(12-21(13)27)24(30)20(23(18)29)10-17-11-22-26(31-17)28-25(32-22)16-7-6-14-4-2-3-5-15(14)9-16/h2-12H,1H3/b20-10+. The van der Waals surface area contributed by atoms with Crippen LogP contribution in [0, 0.1) is 6.92 Å². The molecule has 0 atom stereocenters. The second-order valence-electron chi connectivity index (χ2n) is 7.76. The van der Waals surface area contributed by atoms with E-state index in [1.54, 1.807) is 29.5 Å². The van der Waals surface area contributed by atoms with Crippen LogP contribution in [0.4, 0.5) is 0 Å². The van der Waals surface area contributed by atoms with Gasteiger partial charge in [-0.1, -0.05) is 48.0 Å². The molecule has 0 aliphatic heterocycles. The van der Waals surface area contributed by atoms with E-state index >= 15 is 0 Å². The number of nitrogens with zero attached hydrogens (tertiary/aromatic N) is 1. The van der Waals surface area contributed by atoms with Crippen molar-refractivity contribution in [2.75, 3.05) is 0 Å². The Morgan fingerprint density at radius 1 is 0.875 bits per heavy atom. The van der Waals surface area contributed by atoms with Gasteiger partial charge in [-0.25, -0.2) is 4.98 Å². The van der Waals surface area contributed by atoms with Gasteiger partial charge >= 0.3 is 0 Å². The molecule has 0 fully saturated rings. The zero-order chi connectivity index (χ0) is 22.0. The molecule has 0 spiro atoms. The SMILES string of the molecule is Cc1cc2c(cc1Cl)C(=O)/C(=C/c1cc3sc(-c4ccc5ccccc5c4)nc3s1)C2=O. The number of aromatic nitrogens is 1. The van der Waals surface area contributed by atoms with Gasteiger partial charge in [-0.05, 0) is 53.6 Å². The number of ketones is 2. The molecule has 6 rings (SSSR count). The van der Waals surface area contributed by atoms with Crippen LogP contribution >= 0.6 is 34.3 Å². The highest BCUT2D eigenvalue weighted by Gasteiger charge is 2.34. The molecule has 2 aromatic heterocycles. The second-order valence-corrected chi connectivity index (χ2v) is 10.3. The van der Waals surface area contributed by atoms with Crippen molar-refractivity contribution < 1.29 is 9.59 Å². The number of carbonyl (C=O) groups excluding carboxylic acids is 2. The lowest BCUT2D eigenvalue weighted by atomic mass is 10.1. The minimum Gasteiger partial charge on any atom is -0.288 e. The Hall–Kier alpha value is -3.12. The molecule has 32 heavy (non-hydrogen) atoms. The third-order valence-corrected chi connectivity index (χ3v) is 8.23. The van der Waals surface area contributed by atoms with Crippen molar-refractivity contribution in [3.8, 4) is 10.6 Å². The number of halogens is 1. The molecule has 3 nitrogen and oxygen atoms in total. The van der Waals surface area contributed by atoms with Gasteiger partial charge in [0, 0.05) is 26.6 Å². The van der Waals surface area contributed by atoms with Crippen molar-refractivity contribution in [1.29, 1.82) is 0 Å². The molecule has 1 aliphatic carbocycles. The molecule has 3 aromatic carbocycles. The normalized spacial score (nSPS) is 14.8. The summed E-state index contributed by atoms with van der Waals surface area (Å²) in [4.78, 5) is 32.2. The molecule has 0 saturated heterocycles. The van der Waals surface area contributed by atoms with E-state index in [2.05, 4.69) is 30.3 Å². The summed E-state index contributed by atoms with van der Waals surface area (Å²) in [6, 6.07) is 19.9. The van der Waals surface area contributed by atoms with Crippen LogP contribution in [0.5, 0.6) is 0 Å². The average Bonchev–Trinajstić information content (AvgIpc) is 3.42. The van der Waals surface area contributed by atoms with Crippen LogP contribution in [0.1, 0.15) is 31.2 Å². The number of hydrogen-bond acceptors (Lipinski definition) is 5. The maximum absolute atomic E-state index is 12.8. The molecule has 6 heteroatoms. The highest BCUT2D eigenvalue weighted by Crippen LogP contribution is 2.38. The van der Waals surface area contributed by atoms with Crippen molar-refractivity contribution >= 4 is 72.2 Å². The smallest absolute Gasteiger partial charge is 0.197 e. The Kier molecular flexibility index (Phi) is 4.40. The van der Waals surface area contributed by atoms with Crippen LogP contribution in [-0.4, -0.2) is 16.6 Å². The largest absolute Gasteiger partial charge is 0.288 e. The monoisotopic (exact) mass is 471 g/mol. The molecule has 0 unspecified atom stereocenters. The van der Waals surface area contributed by atoms with Crippen LogP contribution in [0.15, 0.2) is 66.2 Å². The maximum Gasteiger partial charge on any atom is 0.197 e. The van der Waals surface area contributed by atoms with Crippen molar-refractivity contribution in [2.24, 2.45) is 0 Å². The Morgan fingerprint density at radius 3 is 2.41 bits per heavy atom. The summed E-state index contributed by atoms with van der Waals surface area (Å²) < 4.78 is 1.04. The summed E-state index contributed by atoms with van der Waals surface area (Å²) in [7, 11) is 0. The number of benzene rings is 3. The fraction of sp³-hybridized carbons (Fsp3) is 0.0385. The number of allylic oxidation sites excluding steroid dienone is 1. The topological polar surface area (TPSA) is 47.0 Å². The van der Waals surface area contributed by atoms with Crippen LogP contribution in [-0.2, 0) is 0 Å². The first kappa shape index (κ1) is 19.6. The van der Waals surface area contributed by atoms with E-state index < -0.39 is 0 Å². The Bertz CT molecular complexity index is 1570. The molecule has 5 aromatic rings. The summed E-state index contributed by atoms with van der Waals surface area (Å²) in [5.74, 6) is -0.514. The first-order valence-electron chi connectivity index (χ1n) is 9.99. The molecule has 0 bridgehead atoms. The van der Waals surface area contributed by atoms with E-state index in [9.17, 15) is 9.59 Å². The number of thiophene rings is 1. The number of rotatable bonds is 2. The predicted molar refractivity (Wildman–Crippen MR) is 133 cm³/mol. The molecule has 0 N–H and O–H groups in total. The quantitative estimate of drug-likeness (QED) is 0.196. The maximum atomic E-state index is 12.8. The molecular formula is C26H14ClNO2S2. The third-order valence-electron chi connectivity index (χ3n) is 5.67. The van der Waals surface area contributed by atoms with Gasteiger partial charge in [0.1, 0.15) is 9.84 Å². The number of fused-ring (bicyclic) bond motifs is 3. The first-order chi connectivity index (χ1) is 15.5. The molecule has 154 valence electrons. The Balaban J connectivity index is 1.36. The number of aryl methyl sites for hydroxylation is 1. The van der Waals surface area contributed by atoms with Crippen LogP contribution in [0.3, 0.4) is 0 Å². The van der Waals surface area contributed by atoms with Crippen LogP contribution in [0.2, 0.25) is 5.02 Å². The van der Waals surface area contributed by atoms with Gasteiger partial charge in [-0.2, -0.15) is 0 Å². The number of Topliss-reactive ketones (excluding diaryl/α,β-unsaturated/α-hetero) is 2. The minimum absolute atomic E-state index is 0.185. The highest BCUT2D eigenvalue weighted by atomic mass is 35.5. The Labute approximate surface area is 196 Å². The number of carbonyl (C=O) groups is 2. The summed E-state index contributed by atoms with van der Waals surface area (Å²) in [6.07, 6.45) is 1.68. The van der Waals surface area contributed by atoms with E-state index in [1.807, 2.05) is 25.1 Å². The van der Waals surface area contributed by atoms with Crippen molar-refractivity contribution in [2.45, 2.75) is 6.92 Å². The van der Waals surface area contributed by atoms with Crippen LogP contribution in [0.25, 0.3) is 36.9 Å². The molecule has 0 radical (unpaired) electrons. The molecule has 1 aliphatic rings. The second kappa shape index (κ2) is 7.20. The highest BCUT2D eigenvalue weighted by molar-refractivity contribution is 7.29. The summed E-state index contributed by atoms with van der Waals surface area (Å²) in [5.41, 5.74) is 2.87. The van der Waals surface area contributed by atoms with Gasteiger partial charge in [-0.15, -0.1) is 22.7 Å². The molecule has 2 heterocycles. The van der Waals surface area contributed by atoms with Gasteiger partial charge < -0.3 is 0 Å². The predicted octanol–water partition coefficient (Wildman–Crippen LogP) is 7.60. The number of hydrogen-bond donors (Lipinski definition) is 0. The summed E-state index contributed by atoms with van der Waals surface area (Å²) in [5, 5.41) is 3.84. The fourth-order valence-electron chi connectivity index (χ4n) is 3.99. The lowest BCUT2D eigenvalue weighted by Crippen LogP contribution is -1.99.